The lowest BCUT2D eigenvalue weighted by molar-refractivity contribution is -0.386. The van der Waals surface area contributed by atoms with Crippen molar-refractivity contribution in [3.05, 3.63) is 95.1 Å². The summed E-state index contributed by atoms with van der Waals surface area (Å²) in [6.45, 7) is 8.55. The van der Waals surface area contributed by atoms with E-state index in [1.54, 1.807) is 60.7 Å². The number of ether oxygens (including phenoxy) is 4. The van der Waals surface area contributed by atoms with Gasteiger partial charge in [0, 0.05) is 12.1 Å². The second-order valence-electron chi connectivity index (χ2n) is 12.2. The van der Waals surface area contributed by atoms with Crippen molar-refractivity contribution in [3.8, 4) is 28.4 Å². The van der Waals surface area contributed by atoms with Crippen molar-refractivity contribution < 1.29 is 33.5 Å². The Bertz CT molecular complexity index is 1450. The summed E-state index contributed by atoms with van der Waals surface area (Å²) in [7, 11) is 0. The van der Waals surface area contributed by atoms with Gasteiger partial charge in [-0.05, 0) is 86.2 Å². The van der Waals surface area contributed by atoms with Gasteiger partial charge in [-0.25, -0.2) is 9.59 Å². The summed E-state index contributed by atoms with van der Waals surface area (Å²) in [5.74, 6) is 0.537. The van der Waals surface area contributed by atoms with E-state index in [0.717, 1.165) is 69.1 Å². The Balaban J connectivity index is 1.36. The summed E-state index contributed by atoms with van der Waals surface area (Å²) in [5.41, 5.74) is 1.67. The van der Waals surface area contributed by atoms with E-state index in [0.29, 0.717) is 30.1 Å². The highest BCUT2D eigenvalue weighted by Gasteiger charge is 2.19. The number of hydrogen-bond acceptors (Lipinski definition) is 8. The molecule has 0 spiro atoms. The number of nitrogens with zero attached hydrogens (tertiary/aromatic N) is 1. The van der Waals surface area contributed by atoms with E-state index >= 15 is 0 Å². The fourth-order valence-electron chi connectivity index (χ4n) is 5.33. The Morgan fingerprint density at radius 3 is 1.98 bits per heavy atom. The third-order valence-electron chi connectivity index (χ3n) is 8.15. The molecule has 9 nitrogen and oxygen atoms in total. The lowest BCUT2D eigenvalue weighted by Crippen LogP contribution is -2.12. The lowest BCUT2D eigenvalue weighted by atomic mass is 10.0. The van der Waals surface area contributed by atoms with E-state index in [-0.39, 0.29) is 23.5 Å². The molecule has 0 saturated heterocycles. The number of carbonyl (C=O) groups is 2. The molecule has 49 heavy (non-hydrogen) atoms. The van der Waals surface area contributed by atoms with Gasteiger partial charge in [-0.3, -0.25) is 10.1 Å². The Kier molecular flexibility index (Phi) is 17.5. The minimum absolute atomic E-state index is 0.0858. The highest BCUT2D eigenvalue weighted by atomic mass is 16.6. The topological polar surface area (TPSA) is 114 Å². The van der Waals surface area contributed by atoms with E-state index in [2.05, 4.69) is 13.5 Å². The molecule has 0 aromatic heterocycles. The molecular formula is C40H51NO8. The van der Waals surface area contributed by atoms with Gasteiger partial charge in [-0.15, -0.1) is 0 Å². The molecule has 0 heterocycles. The first-order valence-electron chi connectivity index (χ1n) is 17.6. The minimum atomic E-state index is -0.499. The van der Waals surface area contributed by atoms with Crippen molar-refractivity contribution in [1.82, 2.24) is 0 Å². The van der Waals surface area contributed by atoms with Gasteiger partial charge in [0.15, 0.2) is 5.75 Å². The molecule has 0 amide bonds. The summed E-state index contributed by atoms with van der Waals surface area (Å²) in [6.07, 6.45) is 15.2. The summed E-state index contributed by atoms with van der Waals surface area (Å²) in [4.78, 5) is 35.1. The first-order valence-corrected chi connectivity index (χ1v) is 17.6. The third-order valence-corrected chi connectivity index (χ3v) is 8.15. The van der Waals surface area contributed by atoms with Crippen LogP contribution in [0.15, 0.2) is 79.4 Å². The van der Waals surface area contributed by atoms with Crippen LogP contribution >= 0.6 is 0 Å². The van der Waals surface area contributed by atoms with Crippen LogP contribution in [0.3, 0.4) is 0 Å². The predicted octanol–water partition coefficient (Wildman–Crippen LogP) is 10.4. The van der Waals surface area contributed by atoms with Gasteiger partial charge in [0.2, 0.25) is 0 Å². The number of benzene rings is 3. The molecule has 0 unspecified atom stereocenters. The molecule has 3 rings (SSSR count). The minimum Gasteiger partial charge on any atom is -0.494 e. The van der Waals surface area contributed by atoms with Crippen LogP contribution in [0.1, 0.15) is 108 Å². The van der Waals surface area contributed by atoms with Crippen LogP contribution in [0.5, 0.6) is 17.2 Å². The predicted molar refractivity (Wildman–Crippen MR) is 192 cm³/mol. The van der Waals surface area contributed by atoms with Crippen molar-refractivity contribution >= 4 is 17.6 Å². The molecule has 0 bridgehead atoms. The number of hydrogen-bond donors (Lipinski definition) is 0. The first-order chi connectivity index (χ1) is 23.8. The van der Waals surface area contributed by atoms with Crippen LogP contribution in [-0.2, 0) is 9.53 Å². The van der Waals surface area contributed by atoms with Gasteiger partial charge in [-0.1, -0.05) is 89.5 Å². The van der Waals surface area contributed by atoms with Crippen LogP contribution in [0.4, 0.5) is 5.69 Å². The zero-order valence-corrected chi connectivity index (χ0v) is 29.0. The quantitative estimate of drug-likeness (QED) is 0.0230. The maximum Gasteiger partial charge on any atom is 0.343 e. The van der Waals surface area contributed by atoms with Crippen molar-refractivity contribution in [2.24, 2.45) is 0 Å². The summed E-state index contributed by atoms with van der Waals surface area (Å²) < 4.78 is 22.3. The Labute approximate surface area is 290 Å². The van der Waals surface area contributed by atoms with Crippen molar-refractivity contribution in [1.29, 1.82) is 0 Å². The molecule has 264 valence electrons. The molecular weight excluding hydrogens is 622 g/mol. The van der Waals surface area contributed by atoms with Crippen molar-refractivity contribution in [2.45, 2.75) is 103 Å². The maximum absolute atomic E-state index is 12.8. The summed E-state index contributed by atoms with van der Waals surface area (Å²) >= 11 is 0. The number of unbranched alkanes of at least 4 members (excludes halogenated alkanes) is 10. The van der Waals surface area contributed by atoms with Gasteiger partial charge < -0.3 is 18.9 Å². The second kappa shape index (κ2) is 22.1. The summed E-state index contributed by atoms with van der Waals surface area (Å²) in [6, 6.07) is 18.7. The molecule has 0 aliphatic carbocycles. The highest BCUT2D eigenvalue weighted by molar-refractivity contribution is 5.91. The summed E-state index contributed by atoms with van der Waals surface area (Å²) in [5, 5.41) is 11.8. The van der Waals surface area contributed by atoms with Crippen LogP contribution in [-0.4, -0.2) is 36.2 Å². The molecule has 0 aliphatic heterocycles. The molecule has 3 aromatic carbocycles. The van der Waals surface area contributed by atoms with Crippen LogP contribution in [0, 0.1) is 10.1 Å². The molecule has 3 aromatic rings. The average Bonchev–Trinajstić information content (AvgIpc) is 3.11. The highest BCUT2D eigenvalue weighted by Crippen LogP contribution is 2.34. The van der Waals surface area contributed by atoms with Gasteiger partial charge in [0.05, 0.1) is 29.8 Å². The van der Waals surface area contributed by atoms with E-state index in [1.807, 2.05) is 6.92 Å². The van der Waals surface area contributed by atoms with E-state index in [1.165, 1.54) is 37.8 Å². The third kappa shape index (κ3) is 14.6. The molecule has 0 fully saturated rings. The molecule has 0 radical (unpaired) electrons. The first kappa shape index (κ1) is 38.8. The van der Waals surface area contributed by atoms with Crippen molar-refractivity contribution in [2.75, 3.05) is 13.2 Å². The smallest absolute Gasteiger partial charge is 0.343 e. The lowest BCUT2D eigenvalue weighted by Gasteiger charge is -2.15. The van der Waals surface area contributed by atoms with Crippen molar-refractivity contribution in [3.63, 3.8) is 0 Å². The fraction of sp³-hybridized carbons (Fsp3) is 0.450. The van der Waals surface area contributed by atoms with Gasteiger partial charge >= 0.3 is 17.6 Å². The maximum atomic E-state index is 12.8. The van der Waals surface area contributed by atoms with Gasteiger partial charge in [0.25, 0.3) is 0 Å². The van der Waals surface area contributed by atoms with E-state index in [4.69, 9.17) is 18.9 Å². The average molecular weight is 674 g/mol. The second-order valence-corrected chi connectivity index (χ2v) is 12.2. The van der Waals surface area contributed by atoms with E-state index in [9.17, 15) is 19.7 Å². The number of rotatable bonds is 24. The van der Waals surface area contributed by atoms with Gasteiger partial charge in [-0.2, -0.15) is 0 Å². The Morgan fingerprint density at radius 2 is 1.37 bits per heavy atom. The molecule has 0 N–H and O–H groups in total. The zero-order valence-electron chi connectivity index (χ0n) is 29.0. The van der Waals surface area contributed by atoms with Crippen LogP contribution in [0.2, 0.25) is 0 Å². The molecule has 0 aliphatic rings. The molecule has 0 saturated carbocycles. The van der Waals surface area contributed by atoms with Gasteiger partial charge in [0.1, 0.15) is 11.5 Å². The normalized spacial score (nSPS) is 11.4. The standard InChI is InChI=1S/C40H51NO8/c1-4-6-14-17-31(3)48-38-27-22-34(30-37(38)41(44)45)32-18-20-33(21-19-32)40(43)49-36-25-23-35(24-26-36)46-28-15-12-10-8-7-9-11-13-16-29-47-39(42)5-2/h5,18-27,30-31H,2,4,6-17,28-29H2,1,3H3/t31-/m1/s1. The fourth-order valence-corrected chi connectivity index (χ4v) is 5.33. The zero-order chi connectivity index (χ0) is 35.3. The SMILES string of the molecule is C=CC(=O)OCCCCCCCCCCCOc1ccc(OC(=O)c2ccc(-c3ccc(O[C@H](C)CCCCC)c([N+](=O)[O-])c3)cc2)cc1. The molecule has 9 heteroatoms. The van der Waals surface area contributed by atoms with E-state index < -0.39 is 10.9 Å². The van der Waals surface area contributed by atoms with Crippen LogP contribution < -0.4 is 14.2 Å². The largest absolute Gasteiger partial charge is 0.494 e. The van der Waals surface area contributed by atoms with Crippen LogP contribution in [0.25, 0.3) is 11.1 Å². The Hall–Kier alpha value is -4.66. The number of nitro benzene ring substituents is 1. The number of esters is 2. The Morgan fingerprint density at radius 1 is 0.776 bits per heavy atom. The number of carbonyl (C=O) groups excluding carboxylic acids is 2. The monoisotopic (exact) mass is 673 g/mol. The number of nitro groups is 1. The molecule has 1 atom stereocenters.